The minimum absolute atomic E-state index is 0.0188. The van der Waals surface area contributed by atoms with Gasteiger partial charge in [0, 0.05) is 9.97 Å². The molecule has 34 heavy (non-hydrogen) atoms. The third kappa shape index (κ3) is 5.38. The molecule has 0 aliphatic carbocycles. The van der Waals surface area contributed by atoms with Gasteiger partial charge in [0.15, 0.2) is 0 Å². The van der Waals surface area contributed by atoms with Crippen LogP contribution in [0.25, 0.3) is 0 Å². The van der Waals surface area contributed by atoms with Crippen LogP contribution < -0.4 is 5.19 Å². The van der Waals surface area contributed by atoms with E-state index in [-0.39, 0.29) is 16.0 Å². The third-order valence-corrected chi connectivity index (χ3v) is 14.0. The summed E-state index contributed by atoms with van der Waals surface area (Å²) in [6.07, 6.45) is -8.56. The summed E-state index contributed by atoms with van der Waals surface area (Å²) >= 11 is 1.97. The molecule has 0 saturated heterocycles. The summed E-state index contributed by atoms with van der Waals surface area (Å²) < 4.78 is 170. The van der Waals surface area contributed by atoms with Crippen LogP contribution in [0.15, 0.2) is 42.5 Å². The second-order valence-electron chi connectivity index (χ2n) is 7.97. The van der Waals surface area contributed by atoms with E-state index in [2.05, 4.69) is 0 Å². The van der Waals surface area contributed by atoms with Gasteiger partial charge in [-0.3, -0.25) is 0 Å². The lowest BCUT2D eigenvalue weighted by molar-refractivity contribution is -0.439. The molecule has 0 spiro atoms. The maximum absolute atomic E-state index is 13.8. The predicted molar refractivity (Wildman–Crippen MR) is 111 cm³/mol. The standard InChI is InChI=1S/C19H18F13ISi/c1-34(2,12-8-4-3-5-9-12)13(33)10-6-7-11-14(20,21)15(22,23)16(24,25)17(26,27)18(28,29)19(30,31)32/h3-9,13H,10-11H2,1-2H3/b7-6-. The monoisotopic (exact) mass is 648 g/mol. The van der Waals surface area contributed by atoms with Crippen LogP contribution >= 0.6 is 22.6 Å². The molecule has 0 fully saturated rings. The van der Waals surface area contributed by atoms with E-state index in [0.717, 1.165) is 11.3 Å². The third-order valence-electron chi connectivity index (χ3n) is 5.18. The van der Waals surface area contributed by atoms with Gasteiger partial charge in [-0.25, -0.2) is 0 Å². The van der Waals surface area contributed by atoms with E-state index < -0.39 is 50.3 Å². The second-order valence-corrected chi connectivity index (χ2v) is 15.4. The molecule has 1 unspecified atom stereocenters. The predicted octanol–water partition coefficient (Wildman–Crippen LogP) is 8.02. The largest absolute Gasteiger partial charge is 0.460 e. The number of allylic oxidation sites excluding steroid dienone is 2. The fourth-order valence-corrected chi connectivity index (χ4v) is 6.23. The fourth-order valence-electron chi connectivity index (χ4n) is 2.72. The molecule has 15 heteroatoms. The molecule has 1 atom stereocenters. The van der Waals surface area contributed by atoms with Crippen molar-refractivity contribution in [2.45, 2.75) is 65.3 Å². The lowest BCUT2D eigenvalue weighted by Crippen LogP contribution is -2.70. The number of hydrogen-bond donors (Lipinski definition) is 0. The molecule has 0 aromatic heterocycles. The van der Waals surface area contributed by atoms with Crippen LogP contribution in [0, 0.1) is 0 Å². The Balaban J connectivity index is 3.07. The Bertz CT molecular complexity index is 848. The van der Waals surface area contributed by atoms with Gasteiger partial charge in [-0.05, 0) is 6.42 Å². The topological polar surface area (TPSA) is 0 Å². The molecular weight excluding hydrogens is 630 g/mol. The minimum Gasteiger partial charge on any atom is -0.199 e. The van der Waals surface area contributed by atoms with Crippen LogP contribution in [0.3, 0.4) is 0 Å². The van der Waals surface area contributed by atoms with Gasteiger partial charge in [-0.1, -0.05) is 83.4 Å². The molecule has 1 aromatic carbocycles. The lowest BCUT2D eigenvalue weighted by Gasteiger charge is -2.39. The van der Waals surface area contributed by atoms with E-state index in [1.807, 2.05) is 47.8 Å². The van der Waals surface area contributed by atoms with Gasteiger partial charge in [0.2, 0.25) is 0 Å². The van der Waals surface area contributed by atoms with E-state index in [4.69, 9.17) is 0 Å². The zero-order chi connectivity index (χ0) is 27.0. The molecule has 0 N–H and O–H groups in total. The summed E-state index contributed by atoms with van der Waals surface area (Å²) in [5.41, 5.74) is 0. The zero-order valence-corrected chi connectivity index (χ0v) is 20.5. The first kappa shape index (κ1) is 31.0. The highest BCUT2D eigenvalue weighted by atomic mass is 127. The van der Waals surface area contributed by atoms with E-state index >= 15 is 0 Å². The second kappa shape index (κ2) is 9.80. The van der Waals surface area contributed by atoms with E-state index in [0.29, 0.717) is 0 Å². The van der Waals surface area contributed by atoms with Gasteiger partial charge in [0.1, 0.15) is 0 Å². The van der Waals surface area contributed by atoms with Crippen molar-refractivity contribution in [3.05, 3.63) is 42.5 Å². The average Bonchev–Trinajstić information content (AvgIpc) is 2.70. The average molecular weight is 648 g/mol. The first-order chi connectivity index (χ1) is 15.0. The molecule has 1 rings (SSSR count). The van der Waals surface area contributed by atoms with Gasteiger partial charge >= 0.3 is 35.8 Å². The number of alkyl halides is 14. The van der Waals surface area contributed by atoms with Gasteiger partial charge in [0.05, 0.1) is 8.07 Å². The highest BCUT2D eigenvalue weighted by Crippen LogP contribution is 2.60. The van der Waals surface area contributed by atoms with Crippen LogP contribution in [0.1, 0.15) is 12.8 Å². The number of hydrogen-bond acceptors (Lipinski definition) is 0. The van der Waals surface area contributed by atoms with Crippen molar-refractivity contribution < 1.29 is 57.1 Å². The van der Waals surface area contributed by atoms with Crippen LogP contribution in [0.2, 0.25) is 13.1 Å². The summed E-state index contributed by atoms with van der Waals surface area (Å²) in [6, 6.07) is 8.89. The smallest absolute Gasteiger partial charge is 0.199 e. The van der Waals surface area contributed by atoms with E-state index in [1.165, 1.54) is 0 Å². The summed E-state index contributed by atoms with van der Waals surface area (Å²) in [4.78, 5) is 0. The summed E-state index contributed by atoms with van der Waals surface area (Å²) in [5.74, 6) is -36.6. The molecular formula is C19H18F13ISi. The Hall–Kier alpha value is -1.00. The molecule has 0 aliphatic heterocycles. The minimum atomic E-state index is -7.87. The van der Waals surface area contributed by atoms with Crippen molar-refractivity contribution in [3.63, 3.8) is 0 Å². The van der Waals surface area contributed by atoms with Crippen LogP contribution in [-0.2, 0) is 0 Å². The molecule has 0 heterocycles. The maximum Gasteiger partial charge on any atom is 0.460 e. The first-order valence-electron chi connectivity index (χ1n) is 9.29. The van der Waals surface area contributed by atoms with Crippen LogP contribution in [0.4, 0.5) is 57.1 Å². The van der Waals surface area contributed by atoms with Gasteiger partial charge in [0.25, 0.3) is 0 Å². The Morgan fingerprint density at radius 1 is 0.706 bits per heavy atom. The summed E-state index contributed by atoms with van der Waals surface area (Å²) in [7, 11) is -2.22. The number of rotatable bonds is 10. The quantitative estimate of drug-likeness (QED) is 0.0793. The maximum atomic E-state index is 13.8. The number of benzene rings is 1. The van der Waals surface area contributed by atoms with Gasteiger partial charge in [-0.15, -0.1) is 0 Å². The Morgan fingerprint density at radius 3 is 1.59 bits per heavy atom. The Morgan fingerprint density at radius 2 is 1.15 bits per heavy atom. The van der Waals surface area contributed by atoms with Crippen LogP contribution in [-0.4, -0.2) is 47.4 Å². The first-order valence-corrected chi connectivity index (χ1v) is 13.6. The van der Waals surface area contributed by atoms with E-state index in [1.54, 1.807) is 18.2 Å². The fraction of sp³-hybridized carbons (Fsp3) is 0.579. The zero-order valence-electron chi connectivity index (χ0n) is 17.3. The summed E-state index contributed by atoms with van der Waals surface area (Å²) in [6.45, 7) is 3.80. The summed E-state index contributed by atoms with van der Waals surface area (Å²) in [5, 5.41) is 0.951. The number of halogens is 14. The van der Waals surface area contributed by atoms with Crippen molar-refractivity contribution in [3.8, 4) is 0 Å². The van der Waals surface area contributed by atoms with Gasteiger partial charge in [-0.2, -0.15) is 57.1 Å². The van der Waals surface area contributed by atoms with E-state index in [9.17, 15) is 57.1 Å². The molecule has 196 valence electrons. The molecule has 0 radical (unpaired) electrons. The molecule has 0 saturated carbocycles. The van der Waals surface area contributed by atoms with Gasteiger partial charge < -0.3 is 0 Å². The molecule has 0 nitrogen and oxygen atoms in total. The van der Waals surface area contributed by atoms with Crippen molar-refractivity contribution in [1.82, 2.24) is 0 Å². The SMILES string of the molecule is C[Si](C)(c1ccccc1)C(I)C/C=C\CC(F)(F)C(F)(F)C(F)(F)C(F)(F)C(F)(F)C(F)(F)F. The Kier molecular flexibility index (Phi) is 8.95. The van der Waals surface area contributed by atoms with Crippen LogP contribution in [0.5, 0.6) is 0 Å². The van der Waals surface area contributed by atoms with Crippen molar-refractivity contribution in [1.29, 1.82) is 0 Å². The van der Waals surface area contributed by atoms with Crippen molar-refractivity contribution in [2.75, 3.05) is 0 Å². The highest BCUT2D eigenvalue weighted by molar-refractivity contribution is 14.1. The highest BCUT2D eigenvalue weighted by Gasteiger charge is 2.90. The van der Waals surface area contributed by atoms with Crippen molar-refractivity contribution >= 4 is 35.9 Å². The molecule has 1 aromatic rings. The van der Waals surface area contributed by atoms with Crippen molar-refractivity contribution in [2.24, 2.45) is 0 Å². The lowest BCUT2D eigenvalue weighted by atomic mass is 9.92. The molecule has 0 amide bonds. The molecule has 0 bridgehead atoms. The normalized spacial score (nSPS) is 16.2. The molecule has 0 aliphatic rings. The Labute approximate surface area is 200 Å².